The minimum atomic E-state index is -0.410. The molecule has 3 aromatic rings. The zero-order valence-corrected chi connectivity index (χ0v) is 15.1. The third kappa shape index (κ3) is 3.76. The van der Waals surface area contributed by atoms with E-state index in [1.165, 1.54) is 10.8 Å². The fourth-order valence-electron chi connectivity index (χ4n) is 3.42. The van der Waals surface area contributed by atoms with Crippen LogP contribution in [0, 0.1) is 5.82 Å². The van der Waals surface area contributed by atoms with Crippen molar-refractivity contribution in [1.29, 1.82) is 0 Å². The van der Waals surface area contributed by atoms with Gasteiger partial charge in [0, 0.05) is 12.5 Å². The van der Waals surface area contributed by atoms with E-state index >= 15 is 0 Å². The highest BCUT2D eigenvalue weighted by Crippen LogP contribution is 2.32. The zero-order valence-electron chi connectivity index (χ0n) is 14.3. The van der Waals surface area contributed by atoms with Gasteiger partial charge in [0.15, 0.2) is 0 Å². The van der Waals surface area contributed by atoms with Crippen molar-refractivity contribution in [2.75, 3.05) is 25.0 Å². The van der Waals surface area contributed by atoms with Gasteiger partial charge in [-0.25, -0.2) is 9.37 Å². The van der Waals surface area contributed by atoms with Crippen LogP contribution in [0.5, 0.6) is 0 Å². The average molecular weight is 369 g/mol. The fraction of sp³-hybridized carbons (Fsp3) is 0.300. The maximum absolute atomic E-state index is 13.7. The van der Waals surface area contributed by atoms with Crippen LogP contribution >= 0.6 is 11.3 Å². The first-order valence-corrected chi connectivity index (χ1v) is 9.63. The molecule has 0 unspecified atom stereocenters. The largest absolute Gasteiger partial charge is 0.322 e. The summed E-state index contributed by atoms with van der Waals surface area (Å²) in [5.74, 6) is -0.241. The number of likely N-dealkylation sites (tertiary alicyclic amines) is 1. The number of benzene rings is 2. The van der Waals surface area contributed by atoms with Crippen molar-refractivity contribution in [1.82, 2.24) is 9.88 Å². The SMILES string of the molecule is O=C(CN1CCC[C@@H](c2nc3ccccc3s2)C1)Nc1ccccc1F. The van der Waals surface area contributed by atoms with Crippen molar-refractivity contribution < 1.29 is 9.18 Å². The first-order chi connectivity index (χ1) is 12.7. The number of nitrogens with zero attached hydrogens (tertiary/aromatic N) is 2. The Morgan fingerprint density at radius 1 is 1.23 bits per heavy atom. The van der Waals surface area contributed by atoms with Crippen LogP contribution < -0.4 is 5.32 Å². The third-order valence-corrected chi connectivity index (χ3v) is 5.88. The number of hydrogen-bond acceptors (Lipinski definition) is 4. The van der Waals surface area contributed by atoms with Crippen LogP contribution in [0.25, 0.3) is 10.2 Å². The Bertz CT molecular complexity index is 893. The van der Waals surface area contributed by atoms with Gasteiger partial charge in [0.25, 0.3) is 0 Å². The number of amides is 1. The lowest BCUT2D eigenvalue weighted by atomic mass is 9.99. The summed E-state index contributed by atoms with van der Waals surface area (Å²) in [5, 5.41) is 3.81. The van der Waals surface area contributed by atoms with Gasteiger partial charge in [-0.1, -0.05) is 24.3 Å². The molecule has 1 aliphatic rings. The number of piperidine rings is 1. The predicted molar refractivity (Wildman–Crippen MR) is 103 cm³/mol. The molecule has 2 aromatic carbocycles. The highest BCUT2D eigenvalue weighted by atomic mass is 32.1. The Kier molecular flexibility index (Phi) is 4.95. The molecular formula is C20H20FN3OS. The van der Waals surface area contributed by atoms with Crippen molar-refractivity contribution in [3.63, 3.8) is 0 Å². The van der Waals surface area contributed by atoms with Crippen molar-refractivity contribution in [2.45, 2.75) is 18.8 Å². The molecule has 1 atom stereocenters. The molecule has 1 fully saturated rings. The Labute approximate surface area is 155 Å². The van der Waals surface area contributed by atoms with E-state index in [0.29, 0.717) is 5.92 Å². The molecule has 0 spiro atoms. The lowest BCUT2D eigenvalue weighted by Gasteiger charge is -2.31. The number of para-hydroxylation sites is 2. The van der Waals surface area contributed by atoms with Gasteiger partial charge in [0.1, 0.15) is 5.82 Å². The number of aromatic nitrogens is 1. The van der Waals surface area contributed by atoms with Crippen molar-refractivity contribution in [3.05, 3.63) is 59.4 Å². The molecule has 0 bridgehead atoms. The molecule has 0 aliphatic carbocycles. The van der Waals surface area contributed by atoms with Crippen LogP contribution in [-0.4, -0.2) is 35.4 Å². The summed E-state index contributed by atoms with van der Waals surface area (Å²) in [4.78, 5) is 19.2. The van der Waals surface area contributed by atoms with Crippen molar-refractivity contribution in [3.8, 4) is 0 Å². The van der Waals surface area contributed by atoms with Crippen LogP contribution in [0.15, 0.2) is 48.5 Å². The van der Waals surface area contributed by atoms with Gasteiger partial charge >= 0.3 is 0 Å². The van der Waals surface area contributed by atoms with Crippen molar-refractivity contribution in [2.24, 2.45) is 0 Å². The minimum Gasteiger partial charge on any atom is -0.322 e. The minimum absolute atomic E-state index is 0.181. The average Bonchev–Trinajstić information content (AvgIpc) is 3.08. The highest BCUT2D eigenvalue weighted by molar-refractivity contribution is 7.18. The van der Waals surface area contributed by atoms with Gasteiger partial charge in [-0.3, -0.25) is 9.69 Å². The van der Waals surface area contributed by atoms with Gasteiger partial charge in [0.05, 0.1) is 27.5 Å². The van der Waals surface area contributed by atoms with E-state index in [0.717, 1.165) is 36.5 Å². The van der Waals surface area contributed by atoms with E-state index in [4.69, 9.17) is 4.98 Å². The molecule has 4 nitrogen and oxygen atoms in total. The van der Waals surface area contributed by atoms with E-state index in [9.17, 15) is 9.18 Å². The first kappa shape index (κ1) is 17.1. The zero-order chi connectivity index (χ0) is 17.9. The molecule has 134 valence electrons. The molecule has 0 radical (unpaired) electrons. The number of carbonyl (C=O) groups is 1. The summed E-state index contributed by atoms with van der Waals surface area (Å²) in [6.45, 7) is 1.96. The monoisotopic (exact) mass is 369 g/mol. The second kappa shape index (κ2) is 7.51. The van der Waals surface area contributed by atoms with E-state index in [-0.39, 0.29) is 18.1 Å². The normalized spacial score (nSPS) is 18.1. The van der Waals surface area contributed by atoms with Gasteiger partial charge < -0.3 is 5.32 Å². The van der Waals surface area contributed by atoms with Crippen LogP contribution in [-0.2, 0) is 4.79 Å². The molecule has 1 saturated heterocycles. The van der Waals surface area contributed by atoms with Crippen LogP contribution in [0.2, 0.25) is 0 Å². The maximum atomic E-state index is 13.7. The predicted octanol–water partition coefficient (Wildman–Crippen LogP) is 4.25. The summed E-state index contributed by atoms with van der Waals surface area (Å²) in [7, 11) is 0. The lowest BCUT2D eigenvalue weighted by molar-refractivity contribution is -0.117. The highest BCUT2D eigenvalue weighted by Gasteiger charge is 2.25. The third-order valence-electron chi connectivity index (χ3n) is 4.68. The number of halogens is 1. The van der Waals surface area contributed by atoms with E-state index in [1.54, 1.807) is 29.5 Å². The second-order valence-electron chi connectivity index (χ2n) is 6.62. The molecule has 2 heterocycles. The molecule has 1 aromatic heterocycles. The number of rotatable bonds is 4. The van der Waals surface area contributed by atoms with E-state index in [2.05, 4.69) is 16.3 Å². The number of hydrogen-bond donors (Lipinski definition) is 1. The summed E-state index contributed by atoms with van der Waals surface area (Å²) in [5.41, 5.74) is 1.28. The fourth-order valence-corrected chi connectivity index (χ4v) is 4.51. The lowest BCUT2D eigenvalue weighted by Crippen LogP contribution is -2.39. The number of anilines is 1. The number of carbonyl (C=O) groups excluding carboxylic acids is 1. The molecular weight excluding hydrogens is 349 g/mol. The first-order valence-electron chi connectivity index (χ1n) is 8.81. The Morgan fingerprint density at radius 3 is 2.88 bits per heavy atom. The summed E-state index contributed by atoms with van der Waals surface area (Å²) in [6.07, 6.45) is 2.12. The standard InChI is InChI=1S/C20H20FN3OS/c21-15-7-1-2-8-16(15)22-19(25)13-24-11-5-6-14(12-24)20-23-17-9-3-4-10-18(17)26-20/h1-4,7-10,14H,5-6,11-13H2,(H,22,25)/t14-/m1/s1. The molecule has 4 rings (SSSR count). The summed E-state index contributed by atoms with van der Waals surface area (Å²) in [6, 6.07) is 14.4. The topological polar surface area (TPSA) is 45.2 Å². The molecule has 0 saturated carbocycles. The van der Waals surface area contributed by atoms with E-state index in [1.807, 2.05) is 18.2 Å². The quantitative estimate of drug-likeness (QED) is 0.748. The molecule has 26 heavy (non-hydrogen) atoms. The number of nitrogens with one attached hydrogen (secondary N) is 1. The maximum Gasteiger partial charge on any atom is 0.238 e. The van der Waals surface area contributed by atoms with Gasteiger partial charge in [-0.05, 0) is 43.7 Å². The number of thiazole rings is 1. The Hall–Kier alpha value is -2.31. The van der Waals surface area contributed by atoms with Gasteiger partial charge in [-0.2, -0.15) is 0 Å². The van der Waals surface area contributed by atoms with Crippen LogP contribution in [0.3, 0.4) is 0 Å². The van der Waals surface area contributed by atoms with Crippen LogP contribution in [0.4, 0.5) is 10.1 Å². The summed E-state index contributed by atoms with van der Waals surface area (Å²) >= 11 is 1.74. The molecule has 6 heteroatoms. The van der Waals surface area contributed by atoms with Gasteiger partial charge in [-0.15, -0.1) is 11.3 Å². The smallest absolute Gasteiger partial charge is 0.238 e. The van der Waals surface area contributed by atoms with Gasteiger partial charge in [0.2, 0.25) is 5.91 Å². The number of fused-ring (bicyclic) bond motifs is 1. The van der Waals surface area contributed by atoms with Crippen LogP contribution in [0.1, 0.15) is 23.8 Å². The Morgan fingerprint density at radius 2 is 2.04 bits per heavy atom. The summed E-state index contributed by atoms with van der Waals surface area (Å²) < 4.78 is 14.9. The molecule has 1 amide bonds. The molecule has 1 N–H and O–H groups in total. The molecule has 1 aliphatic heterocycles. The van der Waals surface area contributed by atoms with Crippen molar-refractivity contribution >= 4 is 33.1 Å². The van der Waals surface area contributed by atoms with E-state index < -0.39 is 5.82 Å². The Balaban J connectivity index is 1.40. The second-order valence-corrected chi connectivity index (χ2v) is 7.68.